The number of hydrogen-bond acceptors (Lipinski definition) is 8. The normalized spacial score (nSPS) is 14.2. The molecular formula is C48H88NO9P. The van der Waals surface area contributed by atoms with Crippen molar-refractivity contribution in [3.8, 4) is 0 Å². The minimum Gasteiger partial charge on any atom is -0.480 e. The maximum Gasteiger partial charge on any atom is 0.472 e. The van der Waals surface area contributed by atoms with Crippen molar-refractivity contribution in [2.45, 2.75) is 219 Å². The second kappa shape index (κ2) is 44.0. The molecular weight excluding hydrogens is 766 g/mol. The van der Waals surface area contributed by atoms with Crippen LogP contribution in [0.15, 0.2) is 48.6 Å². The zero-order valence-corrected chi connectivity index (χ0v) is 38.5. The Morgan fingerprint density at radius 3 is 1.47 bits per heavy atom. The van der Waals surface area contributed by atoms with E-state index >= 15 is 0 Å². The third-order valence-corrected chi connectivity index (χ3v) is 11.1. The molecule has 11 heteroatoms. The van der Waals surface area contributed by atoms with Gasteiger partial charge >= 0.3 is 19.8 Å². The van der Waals surface area contributed by atoms with Crippen molar-refractivity contribution < 1.29 is 42.7 Å². The van der Waals surface area contributed by atoms with Crippen molar-refractivity contribution in [3.63, 3.8) is 0 Å². The predicted molar refractivity (Wildman–Crippen MR) is 244 cm³/mol. The standard InChI is InChI=1S/C48H88NO9P/c1-3-5-7-9-11-13-15-17-19-21-22-23-24-25-26-28-30-32-34-36-38-40-47(50)58-45(43-56-59(53,54)57-44-46(49)48(51)52)42-55-41-39-37-35-33-31-29-27-20-18-16-14-12-10-8-6-4-2/h5,7,11,13,17,19,22-23,45-46H,3-4,6,8-10,12,14-16,18,20-21,24-44,49H2,1-2H3,(H,51,52)(H,53,54)/b7-5-,13-11-,19-17-,23-22-. The summed E-state index contributed by atoms with van der Waals surface area (Å²) < 4.78 is 33.4. The van der Waals surface area contributed by atoms with Crippen LogP contribution in [-0.2, 0) is 32.7 Å². The predicted octanol–water partition coefficient (Wildman–Crippen LogP) is 13.4. The Kier molecular flexibility index (Phi) is 42.5. The summed E-state index contributed by atoms with van der Waals surface area (Å²) in [6, 6.07) is -1.47. The number of ether oxygens (including phenoxy) is 2. The molecule has 3 atom stereocenters. The SMILES string of the molecule is CC/C=C\C/C=C\C/C=C\C/C=C\CCCCCCCCCCC(=O)OC(COCCCCCCCCCCCCCCCCCC)COP(=O)(O)OCC(N)C(=O)O. The van der Waals surface area contributed by atoms with Gasteiger partial charge in [-0.05, 0) is 51.4 Å². The monoisotopic (exact) mass is 854 g/mol. The zero-order valence-electron chi connectivity index (χ0n) is 37.6. The molecule has 4 N–H and O–H groups in total. The van der Waals surface area contributed by atoms with Gasteiger partial charge in [0.25, 0.3) is 0 Å². The second-order valence-corrected chi connectivity index (χ2v) is 17.3. The Hall–Kier alpha value is -2.07. The van der Waals surface area contributed by atoms with Crippen LogP contribution < -0.4 is 5.73 Å². The number of aliphatic carboxylic acids is 1. The van der Waals surface area contributed by atoms with Gasteiger partial charge in [0, 0.05) is 13.0 Å². The van der Waals surface area contributed by atoms with Gasteiger partial charge in [-0.15, -0.1) is 0 Å². The van der Waals surface area contributed by atoms with E-state index < -0.39 is 45.1 Å². The fraction of sp³-hybridized carbons (Fsp3) is 0.792. The summed E-state index contributed by atoms with van der Waals surface area (Å²) in [4.78, 5) is 33.6. The Labute approximate surface area is 360 Å². The Morgan fingerprint density at radius 2 is 0.983 bits per heavy atom. The van der Waals surface area contributed by atoms with Gasteiger partial charge in [-0.2, -0.15) is 0 Å². The van der Waals surface area contributed by atoms with Crippen molar-refractivity contribution in [2.24, 2.45) is 5.73 Å². The lowest BCUT2D eigenvalue weighted by atomic mass is 10.0. The molecule has 344 valence electrons. The molecule has 0 saturated heterocycles. The highest BCUT2D eigenvalue weighted by Gasteiger charge is 2.27. The second-order valence-electron chi connectivity index (χ2n) is 15.9. The molecule has 0 aromatic heterocycles. The number of carbonyl (C=O) groups excluding carboxylic acids is 1. The molecule has 0 aromatic carbocycles. The first-order chi connectivity index (χ1) is 28.7. The largest absolute Gasteiger partial charge is 0.480 e. The molecule has 0 aliphatic heterocycles. The Balaban J connectivity index is 4.19. The number of unbranched alkanes of at least 4 members (excludes halogenated alkanes) is 23. The van der Waals surface area contributed by atoms with Gasteiger partial charge in [0.1, 0.15) is 12.1 Å². The molecule has 0 amide bonds. The summed E-state index contributed by atoms with van der Waals surface area (Å²) in [7, 11) is -4.62. The molecule has 10 nitrogen and oxygen atoms in total. The van der Waals surface area contributed by atoms with Crippen LogP contribution in [0.25, 0.3) is 0 Å². The van der Waals surface area contributed by atoms with E-state index in [1.165, 1.54) is 109 Å². The number of carboxylic acids is 1. The lowest BCUT2D eigenvalue weighted by molar-refractivity contribution is -0.154. The summed E-state index contributed by atoms with van der Waals surface area (Å²) in [6.07, 6.45) is 51.6. The van der Waals surface area contributed by atoms with Gasteiger partial charge in [0.2, 0.25) is 0 Å². The smallest absolute Gasteiger partial charge is 0.472 e. The van der Waals surface area contributed by atoms with Crippen molar-refractivity contribution in [2.75, 3.05) is 26.4 Å². The van der Waals surface area contributed by atoms with Crippen LogP contribution in [0.1, 0.15) is 206 Å². The van der Waals surface area contributed by atoms with E-state index in [1.54, 1.807) is 0 Å². The highest BCUT2D eigenvalue weighted by atomic mass is 31.2. The van der Waals surface area contributed by atoms with Crippen molar-refractivity contribution in [3.05, 3.63) is 48.6 Å². The van der Waals surface area contributed by atoms with Gasteiger partial charge in [0.15, 0.2) is 0 Å². The molecule has 0 fully saturated rings. The molecule has 0 rings (SSSR count). The molecule has 0 aliphatic rings. The minimum atomic E-state index is -4.62. The van der Waals surface area contributed by atoms with E-state index in [1.807, 2.05) is 0 Å². The first-order valence-electron chi connectivity index (χ1n) is 23.7. The summed E-state index contributed by atoms with van der Waals surface area (Å²) >= 11 is 0. The maximum atomic E-state index is 12.7. The summed E-state index contributed by atoms with van der Waals surface area (Å²) in [5.41, 5.74) is 5.36. The van der Waals surface area contributed by atoms with Crippen molar-refractivity contribution >= 4 is 19.8 Å². The first kappa shape index (κ1) is 56.9. The summed E-state index contributed by atoms with van der Waals surface area (Å²) in [5.74, 6) is -1.78. The fourth-order valence-corrected chi connectivity index (χ4v) is 7.26. The zero-order chi connectivity index (χ0) is 43.3. The molecule has 3 unspecified atom stereocenters. The quantitative estimate of drug-likeness (QED) is 0.0233. The van der Waals surface area contributed by atoms with Gasteiger partial charge in [-0.25, -0.2) is 4.57 Å². The van der Waals surface area contributed by atoms with E-state index in [4.69, 9.17) is 29.4 Å². The number of hydrogen-bond donors (Lipinski definition) is 3. The molecule has 0 radical (unpaired) electrons. The molecule has 0 aromatic rings. The maximum absolute atomic E-state index is 12.7. The molecule has 59 heavy (non-hydrogen) atoms. The van der Waals surface area contributed by atoms with Crippen molar-refractivity contribution in [1.82, 2.24) is 0 Å². The van der Waals surface area contributed by atoms with Gasteiger partial charge in [0.05, 0.1) is 19.8 Å². The number of carboxylic acid groups (broad SMARTS) is 1. The van der Waals surface area contributed by atoms with Gasteiger partial charge in [-0.1, -0.05) is 197 Å². The van der Waals surface area contributed by atoms with Crippen LogP contribution in [0.2, 0.25) is 0 Å². The van der Waals surface area contributed by atoms with Gasteiger partial charge in [-0.3, -0.25) is 18.6 Å². The summed E-state index contributed by atoms with van der Waals surface area (Å²) in [6.45, 7) is 3.78. The molecule has 0 saturated carbocycles. The number of nitrogens with two attached hydrogens (primary N) is 1. The average Bonchev–Trinajstić information content (AvgIpc) is 3.21. The number of esters is 1. The topological polar surface area (TPSA) is 155 Å². The van der Waals surface area contributed by atoms with Crippen LogP contribution >= 0.6 is 7.82 Å². The van der Waals surface area contributed by atoms with E-state index in [0.717, 1.165) is 70.6 Å². The molecule has 0 aliphatic carbocycles. The number of rotatable bonds is 45. The molecule has 0 bridgehead atoms. The third kappa shape index (κ3) is 43.8. The van der Waals surface area contributed by atoms with E-state index in [9.17, 15) is 19.0 Å². The van der Waals surface area contributed by atoms with Crippen LogP contribution in [0.3, 0.4) is 0 Å². The number of phosphoric acid groups is 1. The average molecular weight is 854 g/mol. The van der Waals surface area contributed by atoms with Crippen LogP contribution in [-0.4, -0.2) is 60.5 Å². The Morgan fingerprint density at radius 1 is 0.559 bits per heavy atom. The van der Waals surface area contributed by atoms with Crippen LogP contribution in [0.4, 0.5) is 0 Å². The molecule has 0 heterocycles. The highest BCUT2D eigenvalue weighted by molar-refractivity contribution is 7.47. The van der Waals surface area contributed by atoms with E-state index in [0.29, 0.717) is 13.0 Å². The van der Waals surface area contributed by atoms with Crippen LogP contribution in [0, 0.1) is 0 Å². The van der Waals surface area contributed by atoms with E-state index in [-0.39, 0.29) is 13.0 Å². The highest BCUT2D eigenvalue weighted by Crippen LogP contribution is 2.43. The third-order valence-electron chi connectivity index (χ3n) is 10.1. The minimum absolute atomic E-state index is 0.0153. The number of allylic oxidation sites excluding steroid dienone is 8. The number of phosphoric ester groups is 1. The first-order valence-corrected chi connectivity index (χ1v) is 25.2. The fourth-order valence-electron chi connectivity index (χ4n) is 6.48. The van der Waals surface area contributed by atoms with Crippen LogP contribution in [0.5, 0.6) is 0 Å². The molecule has 0 spiro atoms. The lowest BCUT2D eigenvalue weighted by Crippen LogP contribution is -2.34. The van der Waals surface area contributed by atoms with E-state index in [2.05, 4.69) is 62.5 Å². The summed E-state index contributed by atoms with van der Waals surface area (Å²) in [5, 5.41) is 8.91. The number of carbonyl (C=O) groups is 2. The Bertz CT molecular complexity index is 1130. The van der Waals surface area contributed by atoms with Gasteiger partial charge < -0.3 is 25.2 Å². The lowest BCUT2D eigenvalue weighted by Gasteiger charge is -2.20. The van der Waals surface area contributed by atoms with Crippen molar-refractivity contribution in [1.29, 1.82) is 0 Å².